The van der Waals surface area contributed by atoms with Crippen molar-refractivity contribution in [2.45, 2.75) is 20.8 Å². The molecule has 86 valence electrons. The molecular formula is C17H18. The Morgan fingerprint density at radius 3 is 2.18 bits per heavy atom. The third-order valence-corrected chi connectivity index (χ3v) is 3.25. The topological polar surface area (TPSA) is 0 Å². The maximum Gasteiger partial charge on any atom is -0.0106 e. The average molecular weight is 222 g/mol. The van der Waals surface area contributed by atoms with Gasteiger partial charge in [0.05, 0.1) is 0 Å². The summed E-state index contributed by atoms with van der Waals surface area (Å²) < 4.78 is 0. The molecule has 2 aromatic rings. The average Bonchev–Trinajstić information content (AvgIpc) is 2.33. The monoisotopic (exact) mass is 222 g/mol. The number of aryl methyl sites for hydroxylation is 1. The molecule has 0 amide bonds. The molecule has 0 spiro atoms. The van der Waals surface area contributed by atoms with Crippen molar-refractivity contribution < 1.29 is 0 Å². The lowest BCUT2D eigenvalue weighted by Gasteiger charge is -2.15. The van der Waals surface area contributed by atoms with Gasteiger partial charge in [-0.05, 0) is 48.6 Å². The lowest BCUT2D eigenvalue weighted by molar-refractivity contribution is 1.31. The van der Waals surface area contributed by atoms with E-state index in [9.17, 15) is 0 Å². The molecule has 0 saturated carbocycles. The fourth-order valence-corrected chi connectivity index (χ4v) is 2.22. The van der Waals surface area contributed by atoms with Crippen molar-refractivity contribution >= 4 is 5.57 Å². The van der Waals surface area contributed by atoms with E-state index in [1.54, 1.807) is 0 Å². The van der Waals surface area contributed by atoms with Gasteiger partial charge in [0, 0.05) is 0 Å². The second-order valence-electron chi connectivity index (χ2n) is 4.58. The van der Waals surface area contributed by atoms with Gasteiger partial charge in [-0.2, -0.15) is 0 Å². The summed E-state index contributed by atoms with van der Waals surface area (Å²) in [7, 11) is 0. The van der Waals surface area contributed by atoms with Gasteiger partial charge >= 0.3 is 0 Å². The molecule has 0 N–H and O–H groups in total. The van der Waals surface area contributed by atoms with Crippen LogP contribution in [-0.2, 0) is 0 Å². The molecule has 0 fully saturated rings. The van der Waals surface area contributed by atoms with Gasteiger partial charge in [-0.15, -0.1) is 0 Å². The second kappa shape index (κ2) is 4.58. The van der Waals surface area contributed by atoms with Crippen molar-refractivity contribution in [1.82, 2.24) is 0 Å². The predicted octanol–water partition coefficient (Wildman–Crippen LogP) is 5.00. The van der Waals surface area contributed by atoms with E-state index in [2.05, 4.69) is 63.7 Å². The lowest BCUT2D eigenvalue weighted by Crippen LogP contribution is -1.93. The minimum Gasteiger partial charge on any atom is -0.0955 e. The number of allylic oxidation sites excluding steroid dienone is 1. The SMILES string of the molecule is C=C(C)c1c(-c2ccccc2)ccc(C)c1C. The molecule has 0 saturated heterocycles. The van der Waals surface area contributed by atoms with Crippen molar-refractivity contribution in [2.24, 2.45) is 0 Å². The van der Waals surface area contributed by atoms with Crippen molar-refractivity contribution in [3.8, 4) is 11.1 Å². The van der Waals surface area contributed by atoms with Crippen LogP contribution in [0.1, 0.15) is 23.6 Å². The minimum atomic E-state index is 1.13. The van der Waals surface area contributed by atoms with Gasteiger partial charge in [-0.1, -0.05) is 54.6 Å². The van der Waals surface area contributed by atoms with Gasteiger partial charge in [-0.25, -0.2) is 0 Å². The summed E-state index contributed by atoms with van der Waals surface area (Å²) >= 11 is 0. The van der Waals surface area contributed by atoms with Crippen LogP contribution in [0.25, 0.3) is 16.7 Å². The van der Waals surface area contributed by atoms with Gasteiger partial charge in [0.25, 0.3) is 0 Å². The third kappa shape index (κ3) is 2.16. The van der Waals surface area contributed by atoms with Crippen LogP contribution in [0.5, 0.6) is 0 Å². The molecule has 0 nitrogen and oxygen atoms in total. The van der Waals surface area contributed by atoms with Crippen LogP contribution in [0.3, 0.4) is 0 Å². The highest BCUT2D eigenvalue weighted by Crippen LogP contribution is 2.32. The maximum atomic E-state index is 4.11. The van der Waals surface area contributed by atoms with Gasteiger partial charge in [0.1, 0.15) is 0 Å². The van der Waals surface area contributed by atoms with Gasteiger partial charge in [0.2, 0.25) is 0 Å². The first-order chi connectivity index (χ1) is 8.11. The summed E-state index contributed by atoms with van der Waals surface area (Å²) in [5.74, 6) is 0. The number of benzene rings is 2. The number of rotatable bonds is 2. The van der Waals surface area contributed by atoms with E-state index in [-0.39, 0.29) is 0 Å². The zero-order valence-electron chi connectivity index (χ0n) is 10.7. The van der Waals surface area contributed by atoms with Crippen molar-refractivity contribution in [3.63, 3.8) is 0 Å². The second-order valence-corrected chi connectivity index (χ2v) is 4.58. The molecule has 0 unspecified atom stereocenters. The van der Waals surface area contributed by atoms with E-state index in [4.69, 9.17) is 0 Å². The molecule has 0 aliphatic rings. The van der Waals surface area contributed by atoms with Gasteiger partial charge < -0.3 is 0 Å². The molecule has 0 aliphatic carbocycles. The lowest BCUT2D eigenvalue weighted by atomic mass is 9.90. The van der Waals surface area contributed by atoms with Crippen LogP contribution in [0.4, 0.5) is 0 Å². The van der Waals surface area contributed by atoms with Crippen LogP contribution >= 0.6 is 0 Å². The van der Waals surface area contributed by atoms with E-state index in [0.717, 1.165) is 5.57 Å². The number of hydrogen-bond donors (Lipinski definition) is 0. The summed E-state index contributed by atoms with van der Waals surface area (Å²) in [6, 6.07) is 14.9. The van der Waals surface area contributed by atoms with Crippen molar-refractivity contribution in [2.75, 3.05) is 0 Å². The molecule has 2 aromatic carbocycles. The third-order valence-electron chi connectivity index (χ3n) is 3.25. The Morgan fingerprint density at radius 1 is 0.941 bits per heavy atom. The summed E-state index contributed by atoms with van der Waals surface area (Å²) in [5.41, 5.74) is 7.61. The Morgan fingerprint density at radius 2 is 1.59 bits per heavy atom. The van der Waals surface area contributed by atoms with E-state index < -0.39 is 0 Å². The first-order valence-electron chi connectivity index (χ1n) is 5.92. The minimum absolute atomic E-state index is 1.13. The zero-order chi connectivity index (χ0) is 12.4. The van der Waals surface area contributed by atoms with Crippen LogP contribution in [0, 0.1) is 13.8 Å². The van der Waals surface area contributed by atoms with Crippen LogP contribution in [0.15, 0.2) is 49.0 Å². The van der Waals surface area contributed by atoms with Gasteiger partial charge in [-0.3, -0.25) is 0 Å². The summed E-state index contributed by atoms with van der Waals surface area (Å²) in [6.07, 6.45) is 0. The molecule has 0 aliphatic heterocycles. The maximum absolute atomic E-state index is 4.11. The Kier molecular flexibility index (Phi) is 3.14. The highest BCUT2D eigenvalue weighted by molar-refractivity contribution is 5.82. The van der Waals surface area contributed by atoms with Crippen LogP contribution < -0.4 is 0 Å². The first-order valence-corrected chi connectivity index (χ1v) is 5.92. The molecule has 0 aromatic heterocycles. The van der Waals surface area contributed by atoms with E-state index in [1.165, 1.54) is 27.8 Å². The molecule has 0 bridgehead atoms. The molecule has 0 radical (unpaired) electrons. The fourth-order valence-electron chi connectivity index (χ4n) is 2.22. The Balaban J connectivity index is 2.71. The molecule has 0 heterocycles. The molecule has 17 heavy (non-hydrogen) atoms. The highest BCUT2D eigenvalue weighted by atomic mass is 14.1. The van der Waals surface area contributed by atoms with E-state index >= 15 is 0 Å². The summed E-state index contributed by atoms with van der Waals surface area (Å²) in [6.45, 7) is 10.5. The Hall–Kier alpha value is -1.82. The normalized spacial score (nSPS) is 10.3. The largest absolute Gasteiger partial charge is 0.0955 e. The molecular weight excluding hydrogens is 204 g/mol. The molecule has 0 heteroatoms. The quantitative estimate of drug-likeness (QED) is 0.670. The number of hydrogen-bond acceptors (Lipinski definition) is 0. The van der Waals surface area contributed by atoms with Crippen LogP contribution in [0.2, 0.25) is 0 Å². The smallest absolute Gasteiger partial charge is 0.0106 e. The van der Waals surface area contributed by atoms with E-state index in [1.807, 2.05) is 6.07 Å². The summed E-state index contributed by atoms with van der Waals surface area (Å²) in [4.78, 5) is 0. The van der Waals surface area contributed by atoms with Crippen molar-refractivity contribution in [3.05, 3.63) is 65.7 Å². The zero-order valence-corrected chi connectivity index (χ0v) is 10.7. The van der Waals surface area contributed by atoms with Crippen molar-refractivity contribution in [1.29, 1.82) is 0 Å². The van der Waals surface area contributed by atoms with Crippen LogP contribution in [-0.4, -0.2) is 0 Å². The molecule has 2 rings (SSSR count). The van der Waals surface area contributed by atoms with E-state index in [0.29, 0.717) is 0 Å². The highest BCUT2D eigenvalue weighted by Gasteiger charge is 2.09. The standard InChI is InChI=1S/C17H18/c1-12(2)17-14(4)13(3)10-11-16(17)15-8-6-5-7-9-15/h5-11H,1H2,2-4H3. The fraction of sp³-hybridized carbons (Fsp3) is 0.176. The first kappa shape index (κ1) is 11.7. The predicted molar refractivity (Wildman–Crippen MR) is 76.1 cm³/mol. The summed E-state index contributed by atoms with van der Waals surface area (Å²) in [5, 5.41) is 0. The Labute approximate surface area is 104 Å². The molecule has 0 atom stereocenters. The Bertz CT molecular complexity index is 548. The van der Waals surface area contributed by atoms with Gasteiger partial charge in [0.15, 0.2) is 0 Å².